The van der Waals surface area contributed by atoms with E-state index in [1.54, 1.807) is 0 Å². The summed E-state index contributed by atoms with van der Waals surface area (Å²) in [5, 5.41) is 0. The Kier molecular flexibility index (Phi) is 8.36. The van der Waals surface area contributed by atoms with Gasteiger partial charge in [-0.3, -0.25) is 0 Å². The van der Waals surface area contributed by atoms with Crippen molar-refractivity contribution in [1.82, 2.24) is 0 Å². The maximum atomic E-state index is 10.4. The summed E-state index contributed by atoms with van der Waals surface area (Å²) in [7, 11) is 0. The Bertz CT molecular complexity index is 280. The zero-order valence-corrected chi connectivity index (χ0v) is 9.70. The second-order valence-electron chi connectivity index (χ2n) is 3.26. The van der Waals surface area contributed by atoms with E-state index in [1.165, 1.54) is 0 Å². The molecule has 0 fully saturated rings. The molecule has 0 saturated heterocycles. The van der Waals surface area contributed by atoms with Gasteiger partial charge in [-0.25, -0.2) is 0 Å². The van der Waals surface area contributed by atoms with Crippen LogP contribution in [-0.4, -0.2) is 6.29 Å². The molecule has 15 heavy (non-hydrogen) atoms. The Morgan fingerprint density at radius 1 is 1.33 bits per heavy atom. The minimum absolute atomic E-state index is 0.477. The smallest absolute Gasteiger partial charge is 0.124 e. The fourth-order valence-electron chi connectivity index (χ4n) is 1.11. The molecule has 0 saturated carbocycles. The van der Waals surface area contributed by atoms with E-state index in [1.807, 2.05) is 31.2 Å². The number of aldehydes is 1. The van der Waals surface area contributed by atoms with Gasteiger partial charge < -0.3 is 4.79 Å². The van der Waals surface area contributed by atoms with Crippen molar-refractivity contribution < 1.29 is 4.79 Å². The number of unbranched alkanes of at least 4 members (excludes halogenated alkanes) is 1. The minimum Gasteiger partial charge on any atom is -0.303 e. The summed E-state index contributed by atoms with van der Waals surface area (Å²) >= 11 is 0. The quantitative estimate of drug-likeness (QED) is 0.452. The molecule has 1 nitrogen and oxygen atoms in total. The molecule has 0 N–H and O–H groups in total. The van der Waals surface area contributed by atoms with Crippen molar-refractivity contribution in [1.29, 1.82) is 0 Å². The molecule has 0 bridgehead atoms. The molecule has 0 unspecified atom stereocenters. The van der Waals surface area contributed by atoms with Gasteiger partial charge in [0.25, 0.3) is 0 Å². The number of hydrogen-bond donors (Lipinski definition) is 0. The molecule has 0 amide bonds. The van der Waals surface area contributed by atoms with E-state index < -0.39 is 0 Å². The monoisotopic (exact) mass is 204 g/mol. The predicted molar refractivity (Wildman–Crippen MR) is 66.8 cm³/mol. The lowest BCUT2D eigenvalue weighted by molar-refractivity contribution is -0.107. The van der Waals surface area contributed by atoms with Gasteiger partial charge in [0.05, 0.1) is 0 Å². The number of allylic oxidation sites excluding steroid dienone is 7. The fourth-order valence-corrected chi connectivity index (χ4v) is 1.11. The summed E-state index contributed by atoms with van der Waals surface area (Å²) in [4.78, 5) is 10.4. The van der Waals surface area contributed by atoms with Crippen LogP contribution in [0.15, 0.2) is 48.1 Å². The van der Waals surface area contributed by atoms with Crippen molar-refractivity contribution >= 4 is 6.29 Å². The third-order valence-electron chi connectivity index (χ3n) is 2.08. The molecule has 0 spiro atoms. The van der Waals surface area contributed by atoms with Gasteiger partial charge in [-0.1, -0.05) is 50.3 Å². The van der Waals surface area contributed by atoms with Crippen molar-refractivity contribution in [3.63, 3.8) is 0 Å². The van der Waals surface area contributed by atoms with Gasteiger partial charge in [0, 0.05) is 6.42 Å². The van der Waals surface area contributed by atoms with Crippen LogP contribution in [0.4, 0.5) is 0 Å². The molecule has 0 rings (SSSR count). The Hall–Kier alpha value is -1.37. The summed E-state index contributed by atoms with van der Waals surface area (Å²) in [5.74, 6) is 0. The molecule has 0 aromatic heterocycles. The molecule has 0 heterocycles. The molecule has 82 valence electrons. The molecule has 0 radical (unpaired) electrons. The highest BCUT2D eigenvalue weighted by atomic mass is 16.1. The van der Waals surface area contributed by atoms with E-state index in [2.05, 4.69) is 19.6 Å². The first kappa shape index (κ1) is 13.6. The standard InChI is InChI=1S/C14H20O/c1-4-7-8-13(5-2)9-10-14(6-3)11-12-15/h5-6,8-10,12H,2,4,7,11H2,1,3H3/b10-9-,13-8+,14-6+. The van der Waals surface area contributed by atoms with Crippen LogP contribution < -0.4 is 0 Å². The summed E-state index contributed by atoms with van der Waals surface area (Å²) in [6, 6.07) is 0. The van der Waals surface area contributed by atoms with Crippen LogP contribution in [0, 0.1) is 0 Å². The Balaban J connectivity index is 4.45. The first-order valence-electron chi connectivity index (χ1n) is 5.38. The second kappa shape index (κ2) is 9.20. The zero-order valence-electron chi connectivity index (χ0n) is 9.70. The third-order valence-corrected chi connectivity index (χ3v) is 2.08. The third kappa shape index (κ3) is 6.67. The van der Waals surface area contributed by atoms with Crippen LogP contribution in [-0.2, 0) is 4.79 Å². The van der Waals surface area contributed by atoms with E-state index in [0.717, 1.165) is 30.3 Å². The van der Waals surface area contributed by atoms with Crippen molar-refractivity contribution in [2.45, 2.75) is 33.1 Å². The zero-order chi connectivity index (χ0) is 11.5. The fraction of sp³-hybridized carbons (Fsp3) is 0.357. The van der Waals surface area contributed by atoms with Crippen LogP contribution in [0.5, 0.6) is 0 Å². The van der Waals surface area contributed by atoms with Crippen LogP contribution in [0.2, 0.25) is 0 Å². The number of carbonyl (C=O) groups is 1. The van der Waals surface area contributed by atoms with Crippen molar-refractivity contribution in [2.75, 3.05) is 0 Å². The number of rotatable bonds is 7. The average molecular weight is 204 g/mol. The normalized spacial score (nSPS) is 13.2. The Labute approximate surface area is 92.9 Å². The molecule has 0 atom stereocenters. The Morgan fingerprint density at radius 2 is 2.07 bits per heavy atom. The van der Waals surface area contributed by atoms with Gasteiger partial charge in [-0.05, 0) is 24.5 Å². The summed E-state index contributed by atoms with van der Waals surface area (Å²) in [6.07, 6.45) is 13.5. The summed E-state index contributed by atoms with van der Waals surface area (Å²) in [5.41, 5.74) is 2.15. The lowest BCUT2D eigenvalue weighted by atomic mass is 10.1. The van der Waals surface area contributed by atoms with E-state index in [-0.39, 0.29) is 0 Å². The van der Waals surface area contributed by atoms with Crippen molar-refractivity contribution in [3.05, 3.63) is 48.1 Å². The predicted octanol–water partition coefficient (Wildman–Crippen LogP) is 3.99. The number of hydrogen-bond acceptors (Lipinski definition) is 1. The largest absolute Gasteiger partial charge is 0.303 e. The Morgan fingerprint density at radius 3 is 2.53 bits per heavy atom. The van der Waals surface area contributed by atoms with Crippen LogP contribution in [0.3, 0.4) is 0 Å². The molecule has 0 aromatic rings. The molecule has 0 aliphatic carbocycles. The maximum absolute atomic E-state index is 10.4. The molecule has 1 heteroatoms. The van der Waals surface area contributed by atoms with Gasteiger partial charge in [0.2, 0.25) is 0 Å². The van der Waals surface area contributed by atoms with Gasteiger partial charge in [0.1, 0.15) is 6.29 Å². The van der Waals surface area contributed by atoms with E-state index >= 15 is 0 Å². The van der Waals surface area contributed by atoms with Crippen LogP contribution in [0.25, 0.3) is 0 Å². The van der Waals surface area contributed by atoms with Crippen LogP contribution >= 0.6 is 0 Å². The SMILES string of the molecule is C=CC(/C=C\C(=C/C)CC=O)=C\CCC. The van der Waals surface area contributed by atoms with Crippen LogP contribution in [0.1, 0.15) is 33.1 Å². The van der Waals surface area contributed by atoms with Crippen molar-refractivity contribution in [2.24, 2.45) is 0 Å². The van der Waals surface area contributed by atoms with Gasteiger partial charge in [0.15, 0.2) is 0 Å². The van der Waals surface area contributed by atoms with Crippen molar-refractivity contribution in [3.8, 4) is 0 Å². The van der Waals surface area contributed by atoms with Gasteiger partial charge >= 0.3 is 0 Å². The molecular weight excluding hydrogens is 184 g/mol. The summed E-state index contributed by atoms with van der Waals surface area (Å²) in [6.45, 7) is 7.84. The molecular formula is C14H20O. The summed E-state index contributed by atoms with van der Waals surface area (Å²) < 4.78 is 0. The first-order chi connectivity index (χ1) is 7.28. The van der Waals surface area contributed by atoms with Gasteiger partial charge in [-0.2, -0.15) is 0 Å². The molecule has 0 aliphatic heterocycles. The maximum Gasteiger partial charge on any atom is 0.124 e. The highest BCUT2D eigenvalue weighted by molar-refractivity contribution is 5.56. The first-order valence-corrected chi connectivity index (χ1v) is 5.38. The van der Waals surface area contributed by atoms with Gasteiger partial charge in [-0.15, -0.1) is 0 Å². The second-order valence-corrected chi connectivity index (χ2v) is 3.26. The lowest BCUT2D eigenvalue weighted by Crippen LogP contribution is -1.80. The average Bonchev–Trinajstić information content (AvgIpc) is 2.27. The van der Waals surface area contributed by atoms with E-state index in [9.17, 15) is 4.79 Å². The number of carbonyl (C=O) groups excluding carboxylic acids is 1. The minimum atomic E-state index is 0.477. The van der Waals surface area contributed by atoms with E-state index in [0.29, 0.717) is 6.42 Å². The highest BCUT2D eigenvalue weighted by Crippen LogP contribution is 2.07. The highest BCUT2D eigenvalue weighted by Gasteiger charge is 1.89. The topological polar surface area (TPSA) is 17.1 Å². The van der Waals surface area contributed by atoms with E-state index in [4.69, 9.17) is 0 Å². The molecule has 0 aromatic carbocycles. The lowest BCUT2D eigenvalue weighted by Gasteiger charge is -1.96. The molecule has 0 aliphatic rings.